The number of pyridine rings is 1. The molecule has 0 radical (unpaired) electrons. The van der Waals surface area contributed by atoms with Crippen molar-refractivity contribution in [1.29, 1.82) is 0 Å². The molecule has 186 valence electrons. The van der Waals surface area contributed by atoms with Gasteiger partial charge in [-0.2, -0.15) is 5.10 Å². The minimum atomic E-state index is -2.61. The van der Waals surface area contributed by atoms with Gasteiger partial charge in [0.05, 0.1) is 23.4 Å². The summed E-state index contributed by atoms with van der Waals surface area (Å²) in [6, 6.07) is 11.6. The Hall–Kier alpha value is -3.52. The highest BCUT2D eigenvalue weighted by Gasteiger charge is 2.26. The summed E-state index contributed by atoms with van der Waals surface area (Å²) >= 11 is 0. The van der Waals surface area contributed by atoms with Crippen LogP contribution < -0.4 is 15.8 Å². The first-order valence-corrected chi connectivity index (χ1v) is 12.5. The number of hydrogen-bond acceptors (Lipinski definition) is 4. The Bertz CT molecular complexity index is 1520. The highest BCUT2D eigenvalue weighted by molar-refractivity contribution is 5.95. The van der Waals surface area contributed by atoms with E-state index in [1.54, 1.807) is 23.9 Å². The van der Waals surface area contributed by atoms with E-state index in [0.29, 0.717) is 11.1 Å². The Morgan fingerprint density at radius 1 is 1.17 bits per heavy atom. The summed E-state index contributed by atoms with van der Waals surface area (Å²) in [7, 11) is 1.77. The number of fused-ring (bicyclic) bond motifs is 2. The van der Waals surface area contributed by atoms with Crippen molar-refractivity contribution >= 4 is 22.3 Å². The maximum atomic E-state index is 14.4. The number of rotatable bonds is 4. The van der Waals surface area contributed by atoms with Gasteiger partial charge >= 0.3 is 0 Å². The van der Waals surface area contributed by atoms with E-state index in [9.17, 15) is 13.6 Å². The molecule has 1 N–H and O–H groups in total. The predicted octanol–water partition coefficient (Wildman–Crippen LogP) is 5.27. The summed E-state index contributed by atoms with van der Waals surface area (Å²) in [5, 5.41) is 8.77. The van der Waals surface area contributed by atoms with Crippen molar-refractivity contribution in [2.75, 3.05) is 24.5 Å². The fraction of sp³-hybridized carbons (Fsp3) is 0.357. The van der Waals surface area contributed by atoms with Crippen LogP contribution in [0.2, 0.25) is 0 Å². The maximum Gasteiger partial charge on any atom is 0.264 e. The molecular formula is C28H29F2N5O. The minimum Gasteiger partial charge on any atom is -0.341 e. The molecule has 2 aliphatic rings. The predicted molar refractivity (Wildman–Crippen MR) is 138 cm³/mol. The van der Waals surface area contributed by atoms with Gasteiger partial charge in [0.1, 0.15) is 0 Å². The molecule has 4 heterocycles. The molecule has 2 aromatic heterocycles. The number of nitrogens with one attached hydrogen (secondary N) is 1. The molecule has 6 rings (SSSR count). The molecule has 0 saturated carbocycles. The topological polar surface area (TPSA) is 55.1 Å². The number of halogens is 2. The molecule has 4 aromatic rings. The summed E-state index contributed by atoms with van der Waals surface area (Å²) in [4.78, 5) is 14.6. The second kappa shape index (κ2) is 8.85. The van der Waals surface area contributed by atoms with Gasteiger partial charge in [-0.25, -0.2) is 8.78 Å². The Morgan fingerprint density at radius 3 is 2.81 bits per heavy atom. The van der Waals surface area contributed by atoms with Gasteiger partial charge in [0.2, 0.25) is 0 Å². The van der Waals surface area contributed by atoms with Crippen LogP contribution in [0.5, 0.6) is 0 Å². The van der Waals surface area contributed by atoms with Crippen LogP contribution in [0.1, 0.15) is 42.0 Å². The Balaban J connectivity index is 1.48. The highest BCUT2D eigenvalue weighted by Crippen LogP contribution is 2.43. The average molecular weight is 490 g/mol. The third-order valence-corrected chi connectivity index (χ3v) is 7.64. The van der Waals surface area contributed by atoms with Crippen LogP contribution in [0, 0.1) is 6.92 Å². The monoisotopic (exact) mass is 489 g/mol. The van der Waals surface area contributed by atoms with Crippen molar-refractivity contribution in [2.45, 2.75) is 38.7 Å². The van der Waals surface area contributed by atoms with E-state index in [1.165, 1.54) is 0 Å². The van der Waals surface area contributed by atoms with Gasteiger partial charge in [-0.3, -0.25) is 9.48 Å². The zero-order chi connectivity index (χ0) is 25.0. The fourth-order valence-electron chi connectivity index (χ4n) is 5.74. The van der Waals surface area contributed by atoms with Gasteiger partial charge in [0, 0.05) is 54.1 Å². The van der Waals surface area contributed by atoms with Gasteiger partial charge in [0.25, 0.3) is 12.0 Å². The second-order valence-corrected chi connectivity index (χ2v) is 9.88. The number of hydrogen-bond donors (Lipinski definition) is 1. The minimum absolute atomic E-state index is 0.0218. The molecule has 36 heavy (non-hydrogen) atoms. The lowest BCUT2D eigenvalue weighted by Gasteiger charge is -2.33. The van der Waals surface area contributed by atoms with Crippen LogP contribution in [0.3, 0.4) is 0 Å². The van der Waals surface area contributed by atoms with Crippen molar-refractivity contribution < 1.29 is 8.78 Å². The van der Waals surface area contributed by atoms with Crippen molar-refractivity contribution in [1.82, 2.24) is 19.7 Å². The number of aryl methyl sites for hydroxylation is 3. The van der Waals surface area contributed by atoms with Gasteiger partial charge in [0.15, 0.2) is 0 Å². The maximum absolute atomic E-state index is 14.4. The quantitative estimate of drug-likeness (QED) is 0.425. The fourth-order valence-corrected chi connectivity index (χ4v) is 5.74. The van der Waals surface area contributed by atoms with Crippen molar-refractivity contribution in [3.8, 4) is 11.1 Å². The Morgan fingerprint density at radius 2 is 2.03 bits per heavy atom. The summed E-state index contributed by atoms with van der Waals surface area (Å²) in [5.74, 6) is 0. The standard InChI is InChI=1S/C28H29F2N5O/c1-17-11-23-24(33(2)28(17)36)6-3-7-25(23)34-10-4-5-18-12-21(22(27(29)30)13-26(18)34)19-14-32-35(16-19)20-8-9-31-15-20/h3,6-7,11-14,16,20,27,31H,4-5,8-10,15H2,1-2H3. The molecule has 2 aromatic carbocycles. The van der Waals surface area contributed by atoms with Crippen molar-refractivity contribution in [2.24, 2.45) is 7.05 Å². The molecule has 8 heteroatoms. The SMILES string of the molecule is Cc1cc2c(N3CCCc4cc(-c5cnn(C6CCNC6)c5)c(C(F)F)cc43)cccc2n(C)c1=O. The van der Waals surface area contributed by atoms with E-state index in [0.717, 1.165) is 72.3 Å². The smallest absolute Gasteiger partial charge is 0.264 e. The van der Waals surface area contributed by atoms with Crippen LogP contribution in [0.15, 0.2) is 53.6 Å². The van der Waals surface area contributed by atoms with E-state index >= 15 is 0 Å². The summed E-state index contributed by atoms with van der Waals surface area (Å²) < 4.78 is 32.4. The molecular weight excluding hydrogens is 460 g/mol. The van der Waals surface area contributed by atoms with Gasteiger partial charge in [-0.1, -0.05) is 6.07 Å². The summed E-state index contributed by atoms with van der Waals surface area (Å²) in [5.41, 5.74) is 5.56. The third-order valence-electron chi connectivity index (χ3n) is 7.64. The molecule has 0 aliphatic carbocycles. The molecule has 6 nitrogen and oxygen atoms in total. The van der Waals surface area contributed by atoms with E-state index in [-0.39, 0.29) is 17.2 Å². The van der Waals surface area contributed by atoms with E-state index in [1.807, 2.05) is 48.1 Å². The summed E-state index contributed by atoms with van der Waals surface area (Å²) in [6.45, 7) is 4.32. The molecule has 2 aliphatic heterocycles. The van der Waals surface area contributed by atoms with E-state index in [2.05, 4.69) is 15.3 Å². The number of aromatic nitrogens is 3. The lowest BCUT2D eigenvalue weighted by Crippen LogP contribution is -2.26. The van der Waals surface area contributed by atoms with Crippen molar-refractivity contribution in [3.05, 3.63) is 75.8 Å². The molecule has 1 saturated heterocycles. The zero-order valence-corrected chi connectivity index (χ0v) is 20.5. The Kier molecular flexibility index (Phi) is 5.63. The highest BCUT2D eigenvalue weighted by atomic mass is 19.3. The number of anilines is 2. The number of nitrogens with zero attached hydrogens (tertiary/aromatic N) is 4. The first-order valence-electron chi connectivity index (χ1n) is 12.5. The first-order chi connectivity index (χ1) is 17.4. The van der Waals surface area contributed by atoms with E-state index < -0.39 is 6.43 Å². The number of benzene rings is 2. The van der Waals surface area contributed by atoms with Gasteiger partial charge in [-0.15, -0.1) is 0 Å². The lowest BCUT2D eigenvalue weighted by atomic mass is 9.92. The molecule has 0 spiro atoms. The molecule has 1 atom stereocenters. The average Bonchev–Trinajstić information content (AvgIpc) is 3.58. The molecule has 1 fully saturated rings. The van der Waals surface area contributed by atoms with Crippen LogP contribution in [-0.2, 0) is 13.5 Å². The first kappa shape index (κ1) is 22.9. The van der Waals surface area contributed by atoms with Crippen LogP contribution in [0.25, 0.3) is 22.0 Å². The number of alkyl halides is 2. The normalized spacial score (nSPS) is 17.8. The van der Waals surface area contributed by atoms with Crippen LogP contribution >= 0.6 is 0 Å². The third kappa shape index (κ3) is 3.71. The zero-order valence-electron chi connectivity index (χ0n) is 20.5. The summed E-state index contributed by atoms with van der Waals surface area (Å²) in [6.07, 6.45) is 3.72. The van der Waals surface area contributed by atoms with Crippen LogP contribution in [-0.4, -0.2) is 34.0 Å². The second-order valence-electron chi connectivity index (χ2n) is 9.88. The Labute approximate surface area is 208 Å². The van der Waals surface area contributed by atoms with Crippen molar-refractivity contribution in [3.63, 3.8) is 0 Å². The van der Waals surface area contributed by atoms with Gasteiger partial charge < -0.3 is 14.8 Å². The molecule has 0 bridgehead atoms. The van der Waals surface area contributed by atoms with E-state index in [4.69, 9.17) is 0 Å². The lowest BCUT2D eigenvalue weighted by molar-refractivity contribution is 0.152. The van der Waals surface area contributed by atoms with Crippen LogP contribution in [0.4, 0.5) is 20.2 Å². The molecule has 1 unspecified atom stereocenters. The molecule has 0 amide bonds. The van der Waals surface area contributed by atoms with Gasteiger partial charge in [-0.05, 0) is 74.2 Å². The largest absolute Gasteiger partial charge is 0.341 e.